The smallest absolute Gasteiger partial charge is 0.303 e. The molecule has 1 aromatic rings. The Hall–Kier alpha value is -2.09. The molecule has 0 aromatic heterocycles. The molecule has 0 saturated heterocycles. The van der Waals surface area contributed by atoms with E-state index in [9.17, 15) is 19.5 Å². The lowest BCUT2D eigenvalue weighted by Gasteiger charge is -2.20. The molecule has 0 fully saturated rings. The van der Waals surface area contributed by atoms with Gasteiger partial charge >= 0.3 is 5.97 Å². The minimum atomic E-state index is -0.921. The first-order valence-electron chi connectivity index (χ1n) is 7.48. The van der Waals surface area contributed by atoms with Crippen LogP contribution in [0.25, 0.3) is 0 Å². The summed E-state index contributed by atoms with van der Waals surface area (Å²) in [5, 5.41) is 21.0. The van der Waals surface area contributed by atoms with Gasteiger partial charge in [0, 0.05) is 19.0 Å². The average molecular weight is 399 g/mol. The first kappa shape index (κ1) is 18.3. The third-order valence-electron chi connectivity index (χ3n) is 4.00. The minimum absolute atomic E-state index is 0.00823. The lowest BCUT2D eigenvalue weighted by Crippen LogP contribution is -2.43. The zero-order chi connectivity index (χ0) is 18.1. The molecule has 7 nitrogen and oxygen atoms in total. The molecule has 24 heavy (non-hydrogen) atoms. The summed E-state index contributed by atoms with van der Waals surface area (Å²) in [5.41, 5.74) is 0.442. The second kappa shape index (κ2) is 6.80. The van der Waals surface area contributed by atoms with E-state index in [0.29, 0.717) is 16.6 Å². The van der Waals surface area contributed by atoms with E-state index in [1.165, 1.54) is 11.0 Å². The van der Waals surface area contributed by atoms with Gasteiger partial charge in [0.25, 0.3) is 0 Å². The average Bonchev–Trinajstić information content (AvgIpc) is 2.66. The van der Waals surface area contributed by atoms with Gasteiger partial charge in [-0.3, -0.25) is 14.4 Å². The van der Waals surface area contributed by atoms with Crippen LogP contribution in [0, 0.1) is 0 Å². The maximum atomic E-state index is 12.6. The zero-order valence-corrected chi connectivity index (χ0v) is 15.0. The molecule has 8 heteroatoms. The highest BCUT2D eigenvalue weighted by atomic mass is 79.9. The van der Waals surface area contributed by atoms with Gasteiger partial charge in [0.15, 0.2) is 0 Å². The van der Waals surface area contributed by atoms with Gasteiger partial charge in [0.2, 0.25) is 11.8 Å². The van der Waals surface area contributed by atoms with Crippen molar-refractivity contribution in [1.82, 2.24) is 5.32 Å². The zero-order valence-electron chi connectivity index (χ0n) is 13.4. The molecule has 0 radical (unpaired) electrons. The fourth-order valence-electron chi connectivity index (χ4n) is 2.66. The number of hydrogen-bond acceptors (Lipinski definition) is 4. The molecule has 0 spiro atoms. The third kappa shape index (κ3) is 3.53. The fraction of sp³-hybridized carbons (Fsp3) is 0.438. The molecule has 1 aliphatic heterocycles. The Balaban J connectivity index is 2.12. The molecular formula is C16H19BrN2O5. The summed E-state index contributed by atoms with van der Waals surface area (Å²) in [6.07, 6.45) is 0.297. The highest BCUT2D eigenvalue weighted by Crippen LogP contribution is 2.45. The van der Waals surface area contributed by atoms with Crippen molar-refractivity contribution in [1.29, 1.82) is 0 Å². The Labute approximate surface area is 147 Å². The first-order valence-corrected chi connectivity index (χ1v) is 8.27. The largest absolute Gasteiger partial charge is 0.507 e. The minimum Gasteiger partial charge on any atom is -0.507 e. The monoisotopic (exact) mass is 398 g/mol. The van der Waals surface area contributed by atoms with Crippen molar-refractivity contribution in [3.63, 3.8) is 0 Å². The third-order valence-corrected chi connectivity index (χ3v) is 4.64. The van der Waals surface area contributed by atoms with Crippen molar-refractivity contribution in [3.8, 4) is 5.75 Å². The quantitative estimate of drug-likeness (QED) is 0.632. The number of nitrogens with zero attached hydrogens (tertiary/aromatic N) is 1. The van der Waals surface area contributed by atoms with Crippen LogP contribution in [-0.2, 0) is 19.8 Å². The maximum absolute atomic E-state index is 12.6. The lowest BCUT2D eigenvalue weighted by atomic mass is 9.86. The van der Waals surface area contributed by atoms with Gasteiger partial charge < -0.3 is 20.4 Å². The molecule has 0 unspecified atom stereocenters. The summed E-state index contributed by atoms with van der Waals surface area (Å²) in [7, 11) is 0. The summed E-state index contributed by atoms with van der Waals surface area (Å²) in [6, 6.07) is 3.15. The van der Waals surface area contributed by atoms with Gasteiger partial charge in [0.1, 0.15) is 12.3 Å². The Bertz CT molecular complexity index is 702. The predicted molar refractivity (Wildman–Crippen MR) is 91.1 cm³/mol. The van der Waals surface area contributed by atoms with Crippen LogP contribution < -0.4 is 10.2 Å². The van der Waals surface area contributed by atoms with E-state index in [0.717, 1.165) is 5.56 Å². The molecule has 130 valence electrons. The van der Waals surface area contributed by atoms with E-state index >= 15 is 0 Å². The Morgan fingerprint density at radius 3 is 2.62 bits per heavy atom. The first-order chi connectivity index (χ1) is 11.1. The van der Waals surface area contributed by atoms with Crippen LogP contribution in [0.1, 0.15) is 32.3 Å². The van der Waals surface area contributed by atoms with Gasteiger partial charge in [-0.2, -0.15) is 0 Å². The van der Waals surface area contributed by atoms with Crippen molar-refractivity contribution in [2.75, 3.05) is 18.0 Å². The van der Waals surface area contributed by atoms with Gasteiger partial charge in [-0.15, -0.1) is 0 Å². The number of phenolic OH excluding ortho intramolecular Hbond substituents is 1. The number of anilines is 1. The van der Waals surface area contributed by atoms with Crippen molar-refractivity contribution in [2.24, 2.45) is 0 Å². The van der Waals surface area contributed by atoms with Gasteiger partial charge in [0.05, 0.1) is 15.6 Å². The van der Waals surface area contributed by atoms with E-state index in [4.69, 9.17) is 5.11 Å². The summed E-state index contributed by atoms with van der Waals surface area (Å²) < 4.78 is 0.488. The molecular weight excluding hydrogens is 380 g/mol. The molecule has 1 aromatic carbocycles. The van der Waals surface area contributed by atoms with E-state index in [-0.39, 0.29) is 37.1 Å². The summed E-state index contributed by atoms with van der Waals surface area (Å²) >= 11 is 3.24. The van der Waals surface area contributed by atoms with E-state index in [1.807, 2.05) is 0 Å². The van der Waals surface area contributed by atoms with E-state index in [2.05, 4.69) is 21.2 Å². The Morgan fingerprint density at radius 2 is 2.00 bits per heavy atom. The molecule has 0 bridgehead atoms. The summed E-state index contributed by atoms with van der Waals surface area (Å²) in [5.74, 6) is -1.53. The highest BCUT2D eigenvalue weighted by molar-refractivity contribution is 9.10. The summed E-state index contributed by atoms with van der Waals surface area (Å²) in [6.45, 7) is 3.59. The standard InChI is InChI=1S/C16H19BrN2O5/c1-16(2)9-6-10(17)12(20)7-11(9)19(15(16)24)8-13(21)18-5-3-4-14(22)23/h6-7,20H,3-5,8H2,1-2H3,(H,18,21)(H,22,23). The van der Waals surface area contributed by atoms with Crippen LogP contribution in [0.2, 0.25) is 0 Å². The maximum Gasteiger partial charge on any atom is 0.303 e. The van der Waals surface area contributed by atoms with Crippen molar-refractivity contribution in [3.05, 3.63) is 22.2 Å². The van der Waals surface area contributed by atoms with E-state index in [1.54, 1.807) is 19.9 Å². The molecule has 2 rings (SSSR count). The molecule has 0 atom stereocenters. The van der Waals surface area contributed by atoms with Crippen LogP contribution >= 0.6 is 15.9 Å². The van der Waals surface area contributed by atoms with Crippen LogP contribution in [-0.4, -0.2) is 41.1 Å². The van der Waals surface area contributed by atoms with Crippen LogP contribution in [0.15, 0.2) is 16.6 Å². The van der Waals surface area contributed by atoms with Crippen molar-refractivity contribution >= 4 is 39.4 Å². The number of rotatable bonds is 6. The van der Waals surface area contributed by atoms with Crippen molar-refractivity contribution in [2.45, 2.75) is 32.1 Å². The number of amides is 2. The van der Waals surface area contributed by atoms with Crippen LogP contribution in [0.3, 0.4) is 0 Å². The van der Waals surface area contributed by atoms with Gasteiger partial charge in [-0.25, -0.2) is 0 Å². The predicted octanol–water partition coefficient (Wildman–Crippen LogP) is 1.76. The topological polar surface area (TPSA) is 107 Å². The normalized spacial score (nSPS) is 15.3. The number of benzene rings is 1. The Morgan fingerprint density at radius 1 is 1.33 bits per heavy atom. The number of carboxylic acids is 1. The Kier molecular flexibility index (Phi) is 5.17. The molecule has 1 heterocycles. The molecule has 3 N–H and O–H groups in total. The number of carbonyl (C=O) groups is 3. The second-order valence-electron chi connectivity index (χ2n) is 6.18. The molecule has 1 aliphatic rings. The lowest BCUT2D eigenvalue weighted by molar-refractivity contribution is -0.137. The number of fused-ring (bicyclic) bond motifs is 1. The molecule has 2 amide bonds. The molecule has 0 saturated carbocycles. The number of nitrogens with one attached hydrogen (secondary N) is 1. The van der Waals surface area contributed by atoms with Gasteiger partial charge in [-0.1, -0.05) is 0 Å². The fourth-order valence-corrected chi connectivity index (χ4v) is 3.00. The number of halogens is 1. The van der Waals surface area contributed by atoms with E-state index < -0.39 is 11.4 Å². The number of phenols is 1. The van der Waals surface area contributed by atoms with Crippen LogP contribution in [0.4, 0.5) is 5.69 Å². The number of carbonyl (C=O) groups excluding carboxylic acids is 2. The highest BCUT2D eigenvalue weighted by Gasteiger charge is 2.44. The number of hydrogen-bond donors (Lipinski definition) is 3. The van der Waals surface area contributed by atoms with Gasteiger partial charge in [-0.05, 0) is 47.8 Å². The summed E-state index contributed by atoms with van der Waals surface area (Å²) in [4.78, 5) is 36.5. The number of aliphatic carboxylic acids is 1. The van der Waals surface area contributed by atoms with Crippen molar-refractivity contribution < 1.29 is 24.6 Å². The van der Waals surface area contributed by atoms with Crippen LogP contribution in [0.5, 0.6) is 5.75 Å². The number of aromatic hydroxyl groups is 1. The SMILES string of the molecule is CC1(C)C(=O)N(CC(=O)NCCCC(=O)O)c2cc(O)c(Br)cc21. The molecule has 0 aliphatic carbocycles. The number of carboxylic acid groups (broad SMARTS) is 1. The second-order valence-corrected chi connectivity index (χ2v) is 7.04.